The van der Waals surface area contributed by atoms with Gasteiger partial charge in [-0.1, -0.05) is 0 Å². The van der Waals surface area contributed by atoms with Crippen molar-refractivity contribution in [3.05, 3.63) is 42.4 Å². The van der Waals surface area contributed by atoms with Crippen molar-refractivity contribution in [1.29, 1.82) is 0 Å². The van der Waals surface area contributed by atoms with E-state index in [2.05, 4.69) is 35.6 Å². The highest BCUT2D eigenvalue weighted by Crippen LogP contribution is 2.17. The Morgan fingerprint density at radius 3 is 3.04 bits per heavy atom. The molecule has 3 heterocycles. The minimum atomic E-state index is -0.0918. The third kappa shape index (κ3) is 2.90. The summed E-state index contributed by atoms with van der Waals surface area (Å²) in [6.07, 6.45) is 7.05. The number of amides is 1. The first-order valence-electron chi connectivity index (χ1n) is 7.92. The lowest BCUT2D eigenvalue weighted by molar-refractivity contribution is 0.0933. The van der Waals surface area contributed by atoms with Crippen molar-refractivity contribution in [2.45, 2.75) is 18.9 Å². The molecule has 0 spiro atoms. The number of fused-ring (bicyclic) bond motifs is 1. The van der Waals surface area contributed by atoms with Crippen LogP contribution in [0.1, 0.15) is 23.2 Å². The molecule has 0 unspecified atom stereocenters. The standard InChI is InChI=1S/C16H17N7O/c24-16(11-3-4-13-14(8-11)21-22-20-13)19-12-2-1-7-23(10-12)15-9-17-5-6-18-15/h3-6,8-9,12H,1-2,7,10H2,(H,19,24)(H,20,21,22)/t12-/m1/s1. The molecule has 8 nitrogen and oxygen atoms in total. The lowest BCUT2D eigenvalue weighted by atomic mass is 10.0. The van der Waals surface area contributed by atoms with Gasteiger partial charge in [0.15, 0.2) is 0 Å². The van der Waals surface area contributed by atoms with E-state index in [0.717, 1.165) is 37.3 Å². The van der Waals surface area contributed by atoms with Gasteiger partial charge in [-0.2, -0.15) is 15.4 Å². The molecule has 1 amide bonds. The summed E-state index contributed by atoms with van der Waals surface area (Å²) in [5.74, 6) is 0.756. The zero-order valence-corrected chi connectivity index (χ0v) is 13.0. The van der Waals surface area contributed by atoms with E-state index in [0.29, 0.717) is 11.1 Å². The molecule has 0 saturated carbocycles. The maximum atomic E-state index is 12.5. The number of nitrogens with zero attached hydrogens (tertiary/aromatic N) is 5. The molecule has 1 saturated heterocycles. The Morgan fingerprint density at radius 1 is 1.25 bits per heavy atom. The number of carbonyl (C=O) groups is 1. The van der Waals surface area contributed by atoms with Crippen LogP contribution in [0.2, 0.25) is 0 Å². The average molecular weight is 323 g/mol. The smallest absolute Gasteiger partial charge is 0.251 e. The Bertz CT molecular complexity index is 848. The van der Waals surface area contributed by atoms with Gasteiger partial charge in [0.05, 0.1) is 6.20 Å². The van der Waals surface area contributed by atoms with Gasteiger partial charge in [0.25, 0.3) is 5.91 Å². The second kappa shape index (κ2) is 6.23. The van der Waals surface area contributed by atoms with Gasteiger partial charge in [-0.25, -0.2) is 4.98 Å². The van der Waals surface area contributed by atoms with Crippen molar-refractivity contribution in [2.24, 2.45) is 0 Å². The fourth-order valence-electron chi connectivity index (χ4n) is 3.01. The SMILES string of the molecule is O=C(N[C@@H]1CCCN(c2cnccn2)C1)c1ccc2n[nH]nc2c1. The predicted octanol–water partition coefficient (Wildman–Crippen LogP) is 1.15. The van der Waals surface area contributed by atoms with E-state index in [1.165, 1.54) is 0 Å². The summed E-state index contributed by atoms with van der Waals surface area (Å²) in [6, 6.07) is 5.39. The van der Waals surface area contributed by atoms with Gasteiger partial charge < -0.3 is 10.2 Å². The minimum absolute atomic E-state index is 0.0845. The van der Waals surface area contributed by atoms with E-state index in [9.17, 15) is 4.79 Å². The summed E-state index contributed by atoms with van der Waals surface area (Å²) < 4.78 is 0. The normalized spacial score (nSPS) is 17.8. The van der Waals surface area contributed by atoms with Gasteiger partial charge in [0.1, 0.15) is 16.9 Å². The van der Waals surface area contributed by atoms with Crippen LogP contribution in [0, 0.1) is 0 Å². The van der Waals surface area contributed by atoms with Gasteiger partial charge in [-0.05, 0) is 31.0 Å². The molecule has 1 aromatic carbocycles. The Morgan fingerprint density at radius 2 is 2.17 bits per heavy atom. The van der Waals surface area contributed by atoms with Crippen molar-refractivity contribution < 1.29 is 4.79 Å². The molecule has 8 heteroatoms. The zero-order valence-electron chi connectivity index (χ0n) is 13.0. The number of aromatic amines is 1. The molecule has 0 bridgehead atoms. The van der Waals surface area contributed by atoms with Crippen LogP contribution in [0.4, 0.5) is 5.82 Å². The molecule has 1 aliphatic rings. The molecule has 1 atom stereocenters. The van der Waals surface area contributed by atoms with Crippen LogP contribution in [-0.4, -0.2) is 50.4 Å². The number of piperidine rings is 1. The fraction of sp³-hybridized carbons (Fsp3) is 0.312. The summed E-state index contributed by atoms with van der Waals surface area (Å²) >= 11 is 0. The maximum Gasteiger partial charge on any atom is 0.251 e. The molecule has 2 N–H and O–H groups in total. The number of carbonyl (C=O) groups excluding carboxylic acids is 1. The van der Waals surface area contributed by atoms with E-state index in [-0.39, 0.29) is 11.9 Å². The Hall–Kier alpha value is -3.03. The lowest BCUT2D eigenvalue weighted by Gasteiger charge is -2.33. The van der Waals surface area contributed by atoms with Crippen LogP contribution < -0.4 is 10.2 Å². The molecule has 24 heavy (non-hydrogen) atoms. The van der Waals surface area contributed by atoms with E-state index in [1.54, 1.807) is 36.8 Å². The lowest BCUT2D eigenvalue weighted by Crippen LogP contribution is -2.48. The first-order valence-corrected chi connectivity index (χ1v) is 7.92. The van der Waals surface area contributed by atoms with Gasteiger partial charge in [-0.3, -0.25) is 9.78 Å². The molecular formula is C16H17N7O. The maximum absolute atomic E-state index is 12.5. The Labute approximate surface area is 138 Å². The molecule has 4 rings (SSSR count). The molecular weight excluding hydrogens is 306 g/mol. The van der Waals surface area contributed by atoms with Crippen molar-refractivity contribution in [1.82, 2.24) is 30.7 Å². The molecule has 1 fully saturated rings. The van der Waals surface area contributed by atoms with Crippen LogP contribution in [0.25, 0.3) is 11.0 Å². The molecule has 3 aromatic rings. The van der Waals surface area contributed by atoms with Crippen LogP contribution in [0.15, 0.2) is 36.8 Å². The molecule has 2 aromatic heterocycles. The molecule has 0 aliphatic carbocycles. The number of hydrogen-bond acceptors (Lipinski definition) is 6. The highest BCUT2D eigenvalue weighted by atomic mass is 16.1. The van der Waals surface area contributed by atoms with Gasteiger partial charge in [-0.15, -0.1) is 0 Å². The minimum Gasteiger partial charge on any atom is -0.353 e. The number of rotatable bonds is 3. The molecule has 122 valence electrons. The van der Waals surface area contributed by atoms with Gasteiger partial charge in [0, 0.05) is 37.1 Å². The van der Waals surface area contributed by atoms with E-state index < -0.39 is 0 Å². The van der Waals surface area contributed by atoms with Gasteiger partial charge >= 0.3 is 0 Å². The summed E-state index contributed by atoms with van der Waals surface area (Å²) in [5, 5.41) is 13.7. The molecule has 0 radical (unpaired) electrons. The Kier molecular flexibility index (Phi) is 3.78. The highest BCUT2D eigenvalue weighted by Gasteiger charge is 2.23. The summed E-state index contributed by atoms with van der Waals surface area (Å²) in [7, 11) is 0. The predicted molar refractivity (Wildman–Crippen MR) is 88.6 cm³/mol. The van der Waals surface area contributed by atoms with Crippen molar-refractivity contribution in [2.75, 3.05) is 18.0 Å². The number of hydrogen-bond donors (Lipinski definition) is 2. The average Bonchev–Trinajstić information content (AvgIpc) is 3.10. The second-order valence-corrected chi connectivity index (χ2v) is 5.85. The highest BCUT2D eigenvalue weighted by molar-refractivity contribution is 5.97. The van der Waals surface area contributed by atoms with Gasteiger partial charge in [0.2, 0.25) is 0 Å². The van der Waals surface area contributed by atoms with Crippen LogP contribution >= 0.6 is 0 Å². The van der Waals surface area contributed by atoms with Crippen LogP contribution in [-0.2, 0) is 0 Å². The van der Waals surface area contributed by atoms with E-state index in [1.807, 2.05) is 0 Å². The Balaban J connectivity index is 1.45. The van der Waals surface area contributed by atoms with Crippen molar-refractivity contribution in [3.63, 3.8) is 0 Å². The number of benzene rings is 1. The molecule has 1 aliphatic heterocycles. The topological polar surface area (TPSA) is 99.7 Å². The van der Waals surface area contributed by atoms with E-state index in [4.69, 9.17) is 0 Å². The third-order valence-corrected chi connectivity index (χ3v) is 4.21. The van der Waals surface area contributed by atoms with Crippen LogP contribution in [0.5, 0.6) is 0 Å². The number of nitrogens with one attached hydrogen (secondary N) is 2. The van der Waals surface area contributed by atoms with Crippen LogP contribution in [0.3, 0.4) is 0 Å². The number of H-pyrrole nitrogens is 1. The van der Waals surface area contributed by atoms with E-state index >= 15 is 0 Å². The zero-order chi connectivity index (χ0) is 16.4. The van der Waals surface area contributed by atoms with Crippen molar-refractivity contribution >= 4 is 22.8 Å². The first-order chi connectivity index (χ1) is 11.8. The second-order valence-electron chi connectivity index (χ2n) is 5.85. The monoisotopic (exact) mass is 323 g/mol. The number of aromatic nitrogens is 5. The van der Waals surface area contributed by atoms with Crippen molar-refractivity contribution in [3.8, 4) is 0 Å². The first kappa shape index (κ1) is 14.6. The third-order valence-electron chi connectivity index (χ3n) is 4.21. The summed E-state index contributed by atoms with van der Waals surface area (Å²) in [4.78, 5) is 23.1. The number of anilines is 1. The summed E-state index contributed by atoms with van der Waals surface area (Å²) in [6.45, 7) is 1.66. The largest absolute Gasteiger partial charge is 0.353 e. The summed E-state index contributed by atoms with van der Waals surface area (Å²) in [5.41, 5.74) is 2.03. The fourth-order valence-corrected chi connectivity index (χ4v) is 3.01. The quantitative estimate of drug-likeness (QED) is 0.750.